The van der Waals surface area contributed by atoms with Crippen molar-refractivity contribution in [3.8, 4) is 5.75 Å². The first-order valence-electron chi connectivity index (χ1n) is 11.4. The summed E-state index contributed by atoms with van der Waals surface area (Å²) in [6, 6.07) is 7.98. The van der Waals surface area contributed by atoms with Crippen LogP contribution in [0.3, 0.4) is 0 Å². The fraction of sp³-hybridized carbons (Fsp3) is 0.435. The Morgan fingerprint density at radius 3 is 2.85 bits per heavy atom. The van der Waals surface area contributed by atoms with Crippen molar-refractivity contribution in [2.24, 2.45) is 0 Å². The van der Waals surface area contributed by atoms with Crippen molar-refractivity contribution in [2.75, 3.05) is 30.7 Å². The van der Waals surface area contributed by atoms with Gasteiger partial charge in [0.1, 0.15) is 36.0 Å². The Morgan fingerprint density at radius 2 is 2.03 bits per heavy atom. The number of carbonyl (C=O) groups excluding carboxylic acids is 1. The standard InChI is InChI=1S/C23H29N7O4/c1-14-29(9-2-8-25-23(32)28-15-3-5-16(31)6-4-15)12-19-18(33-14)11-20(34-19)30-10-7-17-21(24)26-13-27-22(17)30/h3-7,10,13-14,18-20,31H,2,8-9,11-12H2,1H3,(H2,24,26,27)(H2,25,28,32)/t14?,18?,19-,20-/m1/s1. The van der Waals surface area contributed by atoms with Gasteiger partial charge in [-0.15, -0.1) is 0 Å². The van der Waals surface area contributed by atoms with E-state index in [9.17, 15) is 9.90 Å². The van der Waals surface area contributed by atoms with E-state index in [1.165, 1.54) is 18.5 Å². The van der Waals surface area contributed by atoms with Gasteiger partial charge in [0, 0.05) is 37.9 Å². The van der Waals surface area contributed by atoms with Crippen molar-refractivity contribution in [1.29, 1.82) is 0 Å². The number of amides is 2. The predicted octanol–water partition coefficient (Wildman–Crippen LogP) is 2.27. The quantitative estimate of drug-likeness (QED) is 0.320. The lowest BCUT2D eigenvalue weighted by Crippen LogP contribution is -2.52. The third-order valence-electron chi connectivity index (χ3n) is 6.36. The van der Waals surface area contributed by atoms with E-state index in [1.54, 1.807) is 12.1 Å². The molecular formula is C23H29N7O4. The second-order valence-corrected chi connectivity index (χ2v) is 8.63. The molecule has 0 spiro atoms. The molecule has 0 aliphatic carbocycles. The number of nitrogens with zero attached hydrogens (tertiary/aromatic N) is 4. The number of anilines is 2. The molecule has 2 aliphatic heterocycles. The number of aromatic hydroxyl groups is 1. The van der Waals surface area contributed by atoms with E-state index in [0.29, 0.717) is 18.1 Å². The highest BCUT2D eigenvalue weighted by atomic mass is 16.6. The average molecular weight is 468 g/mol. The van der Waals surface area contributed by atoms with Gasteiger partial charge >= 0.3 is 6.03 Å². The molecule has 3 aromatic rings. The molecule has 4 atom stereocenters. The van der Waals surface area contributed by atoms with E-state index in [0.717, 1.165) is 37.0 Å². The van der Waals surface area contributed by atoms with Crippen LogP contribution in [0.1, 0.15) is 26.0 Å². The maximum Gasteiger partial charge on any atom is 0.319 e. The van der Waals surface area contributed by atoms with E-state index in [4.69, 9.17) is 15.2 Å². The predicted molar refractivity (Wildman–Crippen MR) is 126 cm³/mol. The number of carbonyl (C=O) groups is 1. The monoisotopic (exact) mass is 467 g/mol. The molecule has 2 aliphatic rings. The van der Waals surface area contributed by atoms with E-state index in [-0.39, 0.29) is 36.4 Å². The fourth-order valence-electron chi connectivity index (χ4n) is 4.60. The minimum Gasteiger partial charge on any atom is -0.508 e. The van der Waals surface area contributed by atoms with Crippen LogP contribution in [0, 0.1) is 0 Å². The molecule has 0 bridgehead atoms. The van der Waals surface area contributed by atoms with Crippen LogP contribution in [0.25, 0.3) is 11.0 Å². The van der Waals surface area contributed by atoms with Gasteiger partial charge in [0.2, 0.25) is 0 Å². The summed E-state index contributed by atoms with van der Waals surface area (Å²) in [6.07, 6.45) is 4.70. The van der Waals surface area contributed by atoms with Crippen molar-refractivity contribution in [1.82, 2.24) is 24.8 Å². The van der Waals surface area contributed by atoms with Crippen LogP contribution in [0.2, 0.25) is 0 Å². The number of nitrogen functional groups attached to an aromatic ring is 1. The summed E-state index contributed by atoms with van der Waals surface area (Å²) < 4.78 is 14.6. The number of aromatic nitrogens is 3. The molecular weight excluding hydrogens is 438 g/mol. The third kappa shape index (κ3) is 4.63. The zero-order chi connectivity index (χ0) is 23.7. The maximum absolute atomic E-state index is 12.1. The van der Waals surface area contributed by atoms with Gasteiger partial charge in [-0.2, -0.15) is 0 Å². The molecule has 34 heavy (non-hydrogen) atoms. The Bertz CT molecular complexity index is 1150. The molecule has 2 unspecified atom stereocenters. The lowest BCUT2D eigenvalue weighted by atomic mass is 10.1. The maximum atomic E-state index is 12.1. The topological polar surface area (TPSA) is 140 Å². The Kier molecular flexibility index (Phi) is 6.22. The highest BCUT2D eigenvalue weighted by Gasteiger charge is 2.43. The largest absolute Gasteiger partial charge is 0.508 e. The molecule has 1 aromatic carbocycles. The van der Waals surface area contributed by atoms with Crippen molar-refractivity contribution >= 4 is 28.6 Å². The van der Waals surface area contributed by atoms with Gasteiger partial charge < -0.3 is 35.5 Å². The molecule has 180 valence electrons. The Balaban J connectivity index is 1.10. The first kappa shape index (κ1) is 22.4. The highest BCUT2D eigenvalue weighted by molar-refractivity contribution is 5.89. The number of phenols is 1. The van der Waals surface area contributed by atoms with Gasteiger partial charge in [0.15, 0.2) is 0 Å². The van der Waals surface area contributed by atoms with Crippen molar-refractivity contribution in [2.45, 2.75) is 44.4 Å². The third-order valence-corrected chi connectivity index (χ3v) is 6.36. The minimum absolute atomic E-state index is 0.0158. The van der Waals surface area contributed by atoms with Gasteiger partial charge in [0.25, 0.3) is 0 Å². The molecule has 11 nitrogen and oxygen atoms in total. The number of nitrogens with two attached hydrogens (primary N) is 1. The SMILES string of the molecule is CC1OC2C[C@H](n3ccc4c(N)ncnc43)O[C@@H]2CN1CCCNC(=O)Nc1ccc(O)cc1. The van der Waals surface area contributed by atoms with E-state index in [1.807, 2.05) is 23.8 Å². The van der Waals surface area contributed by atoms with Gasteiger partial charge in [-0.3, -0.25) is 4.90 Å². The number of urea groups is 1. The molecule has 4 heterocycles. The van der Waals surface area contributed by atoms with Gasteiger partial charge in [0.05, 0.1) is 17.6 Å². The first-order valence-corrected chi connectivity index (χ1v) is 11.4. The number of rotatable bonds is 6. The number of fused-ring (bicyclic) bond motifs is 2. The number of ether oxygens (including phenoxy) is 2. The highest BCUT2D eigenvalue weighted by Crippen LogP contribution is 2.37. The lowest BCUT2D eigenvalue weighted by Gasteiger charge is -2.39. The summed E-state index contributed by atoms with van der Waals surface area (Å²) in [5.41, 5.74) is 7.35. The number of phenolic OH excluding ortho intramolecular Hbond substituents is 1. The van der Waals surface area contributed by atoms with Crippen molar-refractivity contribution in [3.05, 3.63) is 42.9 Å². The molecule has 0 saturated carbocycles. The fourth-order valence-corrected chi connectivity index (χ4v) is 4.60. The molecule has 5 N–H and O–H groups in total. The van der Waals surface area contributed by atoms with Crippen molar-refractivity contribution < 1.29 is 19.4 Å². The molecule has 2 aromatic heterocycles. The van der Waals surface area contributed by atoms with Gasteiger partial charge in [-0.1, -0.05) is 0 Å². The molecule has 2 saturated heterocycles. The van der Waals surface area contributed by atoms with Crippen LogP contribution in [0.5, 0.6) is 5.75 Å². The Morgan fingerprint density at radius 1 is 1.21 bits per heavy atom. The van der Waals surface area contributed by atoms with E-state index < -0.39 is 0 Å². The number of hydrogen-bond acceptors (Lipinski definition) is 8. The second-order valence-electron chi connectivity index (χ2n) is 8.63. The molecule has 2 amide bonds. The zero-order valence-corrected chi connectivity index (χ0v) is 18.9. The smallest absolute Gasteiger partial charge is 0.319 e. The average Bonchev–Trinajstić information content (AvgIpc) is 3.42. The van der Waals surface area contributed by atoms with Gasteiger partial charge in [-0.25, -0.2) is 14.8 Å². The molecule has 11 heteroatoms. The molecule has 5 rings (SSSR count). The molecule has 0 radical (unpaired) electrons. The summed E-state index contributed by atoms with van der Waals surface area (Å²) in [6.45, 7) is 4.11. The summed E-state index contributed by atoms with van der Waals surface area (Å²) >= 11 is 0. The molecule has 2 fully saturated rings. The van der Waals surface area contributed by atoms with Crippen LogP contribution >= 0.6 is 0 Å². The van der Waals surface area contributed by atoms with E-state index >= 15 is 0 Å². The number of benzene rings is 1. The summed E-state index contributed by atoms with van der Waals surface area (Å²) in [5.74, 6) is 0.615. The van der Waals surface area contributed by atoms with Crippen LogP contribution in [0.4, 0.5) is 16.3 Å². The van der Waals surface area contributed by atoms with Crippen LogP contribution in [0.15, 0.2) is 42.9 Å². The number of hydrogen-bond donors (Lipinski definition) is 4. The van der Waals surface area contributed by atoms with Crippen LogP contribution < -0.4 is 16.4 Å². The minimum atomic E-state index is -0.279. The zero-order valence-electron chi connectivity index (χ0n) is 18.9. The van der Waals surface area contributed by atoms with Gasteiger partial charge in [-0.05, 0) is 43.7 Å². The van der Waals surface area contributed by atoms with Crippen molar-refractivity contribution in [3.63, 3.8) is 0 Å². The van der Waals surface area contributed by atoms with Crippen LogP contribution in [-0.2, 0) is 9.47 Å². The number of nitrogens with one attached hydrogen (secondary N) is 2. The summed E-state index contributed by atoms with van der Waals surface area (Å²) in [5, 5.41) is 15.7. The summed E-state index contributed by atoms with van der Waals surface area (Å²) in [7, 11) is 0. The van der Waals surface area contributed by atoms with E-state index in [2.05, 4.69) is 25.5 Å². The Labute approximate surface area is 196 Å². The Hall–Kier alpha value is -3.41. The van der Waals surface area contributed by atoms with Crippen LogP contribution in [-0.4, -0.2) is 68.6 Å². The lowest BCUT2D eigenvalue weighted by molar-refractivity contribution is -0.167. The first-order chi connectivity index (χ1) is 16.5. The normalized spacial score (nSPS) is 24.7. The summed E-state index contributed by atoms with van der Waals surface area (Å²) in [4.78, 5) is 22.7. The second kappa shape index (κ2) is 9.45.